The number of phenolic OH excluding ortho intramolecular Hbond substituents is 1. The van der Waals surface area contributed by atoms with Crippen LogP contribution in [0.2, 0.25) is 0 Å². The zero-order valence-corrected chi connectivity index (χ0v) is 24.5. The molecule has 3 amide bonds. The van der Waals surface area contributed by atoms with E-state index >= 15 is 0 Å². The van der Waals surface area contributed by atoms with Gasteiger partial charge in [0.1, 0.15) is 23.4 Å². The third-order valence-corrected chi connectivity index (χ3v) is 6.74. The number of aryl methyl sites for hydroxylation is 2. The van der Waals surface area contributed by atoms with Crippen LogP contribution in [0, 0.1) is 13.8 Å². The molecule has 208 valence electrons. The molecule has 0 radical (unpaired) electrons. The summed E-state index contributed by atoms with van der Waals surface area (Å²) >= 11 is 4.34. The first-order chi connectivity index (χ1) is 17.6. The lowest BCUT2D eigenvalue weighted by Gasteiger charge is -2.44. The van der Waals surface area contributed by atoms with Gasteiger partial charge in [-0.3, -0.25) is 9.59 Å². The van der Waals surface area contributed by atoms with Gasteiger partial charge in [-0.1, -0.05) is 31.2 Å². The van der Waals surface area contributed by atoms with Crippen molar-refractivity contribution in [2.45, 2.75) is 85.0 Å². The SMILES string of the molecule is CCC(C)(C)N(C(=O)C(CS)NC(=O)OC(C)(C)C)C(C(=O)Nc1ccccc1C)c1ccc(O)c(C)c1. The van der Waals surface area contributed by atoms with Crippen molar-refractivity contribution < 1.29 is 24.2 Å². The predicted octanol–water partition coefficient (Wildman–Crippen LogP) is 5.53. The Morgan fingerprint density at radius 3 is 2.18 bits per heavy atom. The van der Waals surface area contributed by atoms with Crippen LogP contribution in [0.25, 0.3) is 0 Å². The summed E-state index contributed by atoms with van der Waals surface area (Å²) in [4.78, 5) is 42.2. The summed E-state index contributed by atoms with van der Waals surface area (Å²) in [6.07, 6.45) is -0.226. The minimum Gasteiger partial charge on any atom is -0.508 e. The number of nitrogens with one attached hydrogen (secondary N) is 2. The smallest absolute Gasteiger partial charge is 0.408 e. The Morgan fingerprint density at radius 2 is 1.66 bits per heavy atom. The van der Waals surface area contributed by atoms with Gasteiger partial charge in [0.2, 0.25) is 5.91 Å². The highest BCUT2D eigenvalue weighted by Crippen LogP contribution is 2.35. The lowest BCUT2D eigenvalue weighted by atomic mass is 9.91. The summed E-state index contributed by atoms with van der Waals surface area (Å²) < 4.78 is 5.36. The number of para-hydroxylation sites is 1. The topological polar surface area (TPSA) is 108 Å². The van der Waals surface area contributed by atoms with E-state index in [0.717, 1.165) is 5.56 Å². The maximum atomic E-state index is 14.1. The molecule has 38 heavy (non-hydrogen) atoms. The lowest BCUT2D eigenvalue weighted by Crippen LogP contribution is -2.59. The highest BCUT2D eigenvalue weighted by atomic mass is 32.1. The van der Waals surface area contributed by atoms with Gasteiger partial charge in [0.05, 0.1) is 0 Å². The second-order valence-corrected chi connectivity index (χ2v) is 11.4. The number of alkyl carbamates (subject to hydrolysis) is 1. The summed E-state index contributed by atoms with van der Waals surface area (Å²) in [6.45, 7) is 14.5. The van der Waals surface area contributed by atoms with Gasteiger partial charge >= 0.3 is 6.09 Å². The average Bonchev–Trinajstić information content (AvgIpc) is 2.82. The molecule has 2 aromatic carbocycles. The minimum atomic E-state index is -1.07. The Kier molecular flexibility index (Phi) is 10.3. The predicted molar refractivity (Wildman–Crippen MR) is 154 cm³/mol. The number of phenols is 1. The molecule has 0 saturated heterocycles. The van der Waals surface area contributed by atoms with Crippen molar-refractivity contribution in [1.29, 1.82) is 0 Å². The van der Waals surface area contributed by atoms with E-state index in [9.17, 15) is 19.5 Å². The number of ether oxygens (including phenoxy) is 1. The Balaban J connectivity index is 2.63. The summed E-state index contributed by atoms with van der Waals surface area (Å²) in [5, 5.41) is 15.8. The minimum absolute atomic E-state index is 0.00485. The van der Waals surface area contributed by atoms with Gasteiger partial charge in [0.25, 0.3) is 5.91 Å². The highest BCUT2D eigenvalue weighted by Gasteiger charge is 2.43. The van der Waals surface area contributed by atoms with Crippen molar-refractivity contribution in [3.63, 3.8) is 0 Å². The van der Waals surface area contributed by atoms with Crippen LogP contribution in [0.4, 0.5) is 10.5 Å². The second-order valence-electron chi connectivity index (χ2n) is 11.0. The van der Waals surface area contributed by atoms with E-state index in [-0.39, 0.29) is 11.5 Å². The average molecular weight is 544 g/mol. The van der Waals surface area contributed by atoms with Crippen molar-refractivity contribution >= 4 is 36.2 Å². The van der Waals surface area contributed by atoms with Crippen molar-refractivity contribution in [2.24, 2.45) is 0 Å². The molecule has 2 aromatic rings. The molecule has 0 aliphatic rings. The van der Waals surface area contributed by atoms with E-state index in [4.69, 9.17) is 4.74 Å². The number of carbonyl (C=O) groups is 3. The van der Waals surface area contributed by atoms with Gasteiger partial charge < -0.3 is 25.4 Å². The zero-order chi connectivity index (χ0) is 28.8. The Morgan fingerprint density at radius 1 is 1.03 bits per heavy atom. The van der Waals surface area contributed by atoms with E-state index in [1.807, 2.05) is 45.9 Å². The maximum Gasteiger partial charge on any atom is 0.408 e. The van der Waals surface area contributed by atoms with E-state index in [0.29, 0.717) is 23.2 Å². The molecule has 0 aromatic heterocycles. The fraction of sp³-hybridized carbons (Fsp3) is 0.483. The first-order valence-electron chi connectivity index (χ1n) is 12.7. The first kappa shape index (κ1) is 31.0. The Labute approximate surface area is 231 Å². The van der Waals surface area contributed by atoms with Crippen molar-refractivity contribution in [1.82, 2.24) is 10.2 Å². The van der Waals surface area contributed by atoms with E-state index in [1.54, 1.807) is 45.9 Å². The van der Waals surface area contributed by atoms with Gasteiger partial charge in [-0.25, -0.2) is 4.79 Å². The van der Waals surface area contributed by atoms with Crippen molar-refractivity contribution in [3.8, 4) is 5.75 Å². The molecule has 0 fully saturated rings. The second kappa shape index (κ2) is 12.6. The fourth-order valence-electron chi connectivity index (χ4n) is 3.93. The normalized spacial score (nSPS) is 13.3. The van der Waals surface area contributed by atoms with Gasteiger partial charge in [-0.2, -0.15) is 12.6 Å². The number of thiol groups is 1. The number of rotatable bonds is 9. The number of amides is 3. The van der Waals surface area contributed by atoms with Crippen LogP contribution in [0.5, 0.6) is 5.75 Å². The number of hydrogen-bond donors (Lipinski definition) is 4. The van der Waals surface area contributed by atoms with Crippen LogP contribution in [0.15, 0.2) is 42.5 Å². The Hall–Kier alpha value is -3.20. The van der Waals surface area contributed by atoms with Crippen molar-refractivity contribution in [3.05, 3.63) is 59.2 Å². The van der Waals surface area contributed by atoms with E-state index in [1.165, 1.54) is 11.0 Å². The molecular weight excluding hydrogens is 502 g/mol. The standard InChI is InChI=1S/C29H41N3O5S/c1-9-29(7,8)32(26(35)22(17-38)31-27(36)37-28(4,5)6)24(20-14-15-23(33)19(3)16-20)25(34)30-21-13-11-10-12-18(21)2/h10-16,22,24,33,38H,9,17H2,1-8H3,(H,30,34)(H,31,36). The van der Waals surface area contributed by atoms with Gasteiger partial charge in [-0.15, -0.1) is 0 Å². The maximum absolute atomic E-state index is 14.1. The number of aromatic hydroxyl groups is 1. The molecule has 0 aliphatic carbocycles. The number of nitrogens with zero attached hydrogens (tertiary/aromatic N) is 1. The molecule has 0 heterocycles. The van der Waals surface area contributed by atoms with Crippen LogP contribution < -0.4 is 10.6 Å². The van der Waals surface area contributed by atoms with Gasteiger partial charge in [0, 0.05) is 17.0 Å². The summed E-state index contributed by atoms with van der Waals surface area (Å²) in [6, 6.07) is 10.1. The molecule has 8 nitrogen and oxygen atoms in total. The molecule has 2 rings (SSSR count). The molecule has 9 heteroatoms. The molecule has 0 spiro atoms. The van der Waals surface area contributed by atoms with Crippen LogP contribution in [0.3, 0.4) is 0 Å². The fourth-order valence-corrected chi connectivity index (χ4v) is 4.18. The lowest BCUT2D eigenvalue weighted by molar-refractivity contribution is -0.147. The van der Waals surface area contributed by atoms with Crippen LogP contribution in [-0.4, -0.2) is 50.8 Å². The van der Waals surface area contributed by atoms with Gasteiger partial charge in [-0.05, 0) is 89.8 Å². The molecule has 0 saturated carbocycles. The quantitative estimate of drug-likeness (QED) is 0.311. The Bertz CT molecular complexity index is 1160. The molecule has 3 N–H and O–H groups in total. The number of anilines is 1. The van der Waals surface area contributed by atoms with Gasteiger partial charge in [0.15, 0.2) is 0 Å². The molecule has 2 atom stereocenters. The largest absolute Gasteiger partial charge is 0.508 e. The third kappa shape index (κ3) is 7.90. The monoisotopic (exact) mass is 543 g/mol. The summed E-state index contributed by atoms with van der Waals surface area (Å²) in [5.74, 6) is -0.822. The number of benzene rings is 2. The first-order valence-corrected chi connectivity index (χ1v) is 13.3. The summed E-state index contributed by atoms with van der Waals surface area (Å²) in [5.41, 5.74) is 1.03. The van der Waals surface area contributed by atoms with E-state index in [2.05, 4.69) is 23.3 Å². The zero-order valence-electron chi connectivity index (χ0n) is 23.6. The van der Waals surface area contributed by atoms with E-state index < -0.39 is 41.1 Å². The molecule has 0 aliphatic heterocycles. The number of carbonyl (C=O) groups excluding carboxylic acids is 3. The van der Waals surface area contributed by atoms with Crippen LogP contribution in [-0.2, 0) is 14.3 Å². The number of hydrogen-bond acceptors (Lipinski definition) is 6. The highest BCUT2D eigenvalue weighted by molar-refractivity contribution is 7.80. The summed E-state index contributed by atoms with van der Waals surface area (Å²) in [7, 11) is 0. The third-order valence-electron chi connectivity index (χ3n) is 6.37. The molecule has 0 bridgehead atoms. The van der Waals surface area contributed by atoms with Crippen LogP contribution >= 0.6 is 12.6 Å². The molecule has 2 unspecified atom stereocenters. The molecular formula is C29H41N3O5S. The van der Waals surface area contributed by atoms with Crippen molar-refractivity contribution in [2.75, 3.05) is 11.1 Å². The van der Waals surface area contributed by atoms with Crippen LogP contribution in [0.1, 0.15) is 70.7 Å².